The first-order chi connectivity index (χ1) is 15.6. The maximum absolute atomic E-state index is 12.2. The van der Waals surface area contributed by atoms with Gasteiger partial charge < -0.3 is 14.2 Å². The Kier molecular flexibility index (Phi) is 8.44. The highest BCUT2D eigenvalue weighted by Crippen LogP contribution is 2.32. The number of rotatable bonds is 11. The maximum atomic E-state index is 12.2. The molecule has 0 aromatic heterocycles. The zero-order valence-electron chi connectivity index (χ0n) is 18.5. The van der Waals surface area contributed by atoms with Crippen LogP contribution in [0.5, 0.6) is 11.5 Å². The summed E-state index contributed by atoms with van der Waals surface area (Å²) in [6.07, 6.45) is 0.227. The van der Waals surface area contributed by atoms with Crippen LogP contribution in [0.15, 0.2) is 78.9 Å². The molecule has 0 heterocycles. The fourth-order valence-electron chi connectivity index (χ4n) is 3.32. The first kappa shape index (κ1) is 23.1. The molecule has 3 rings (SSSR count). The molecule has 0 saturated heterocycles. The molecule has 0 aliphatic rings. The SMILES string of the molecule is CCOC(=O)CCC(Oc1cc(OCc2ccccc2)ccc1C(C)=O)c1ccccc1. The lowest BCUT2D eigenvalue weighted by Crippen LogP contribution is -2.13. The molecule has 0 aliphatic carbocycles. The van der Waals surface area contributed by atoms with Crippen molar-refractivity contribution in [3.8, 4) is 11.5 Å². The van der Waals surface area contributed by atoms with E-state index >= 15 is 0 Å². The molecule has 0 amide bonds. The molecule has 32 heavy (non-hydrogen) atoms. The van der Waals surface area contributed by atoms with Crippen LogP contribution in [0.4, 0.5) is 0 Å². The molecule has 3 aromatic carbocycles. The molecule has 0 radical (unpaired) electrons. The largest absolute Gasteiger partial charge is 0.489 e. The molecule has 3 aromatic rings. The van der Waals surface area contributed by atoms with Gasteiger partial charge in [0.15, 0.2) is 5.78 Å². The van der Waals surface area contributed by atoms with Gasteiger partial charge in [-0.15, -0.1) is 0 Å². The van der Waals surface area contributed by atoms with Crippen LogP contribution < -0.4 is 9.47 Å². The highest BCUT2D eigenvalue weighted by atomic mass is 16.5. The Morgan fingerprint density at radius 3 is 2.25 bits per heavy atom. The van der Waals surface area contributed by atoms with E-state index in [1.54, 1.807) is 25.1 Å². The monoisotopic (exact) mass is 432 g/mol. The van der Waals surface area contributed by atoms with E-state index in [-0.39, 0.29) is 18.2 Å². The number of carbonyl (C=O) groups excluding carboxylic acids is 2. The van der Waals surface area contributed by atoms with Gasteiger partial charge in [-0.2, -0.15) is 0 Å². The van der Waals surface area contributed by atoms with Gasteiger partial charge in [0.25, 0.3) is 0 Å². The van der Waals surface area contributed by atoms with Gasteiger partial charge in [-0.3, -0.25) is 9.59 Å². The van der Waals surface area contributed by atoms with Crippen LogP contribution in [0.1, 0.15) is 54.3 Å². The molecule has 0 saturated carbocycles. The third kappa shape index (κ3) is 6.71. The minimum atomic E-state index is -0.414. The quantitative estimate of drug-likeness (QED) is 0.277. The molecule has 5 nitrogen and oxygen atoms in total. The number of benzene rings is 3. The Morgan fingerprint density at radius 2 is 1.59 bits per heavy atom. The van der Waals surface area contributed by atoms with Gasteiger partial charge >= 0.3 is 5.97 Å². The Morgan fingerprint density at radius 1 is 0.906 bits per heavy atom. The van der Waals surface area contributed by atoms with Crippen LogP contribution in [-0.2, 0) is 16.1 Å². The molecule has 0 N–H and O–H groups in total. The van der Waals surface area contributed by atoms with E-state index in [2.05, 4.69) is 0 Å². The van der Waals surface area contributed by atoms with Crippen molar-refractivity contribution >= 4 is 11.8 Å². The number of hydrogen-bond acceptors (Lipinski definition) is 5. The Bertz CT molecular complexity index is 1010. The molecule has 0 fully saturated rings. The van der Waals surface area contributed by atoms with Crippen LogP contribution in [0.3, 0.4) is 0 Å². The fraction of sp³-hybridized carbons (Fsp3) is 0.259. The summed E-state index contributed by atoms with van der Waals surface area (Å²) in [6.45, 7) is 4.03. The number of ketones is 1. The highest BCUT2D eigenvalue weighted by Gasteiger charge is 2.19. The van der Waals surface area contributed by atoms with Gasteiger partial charge in [0.1, 0.15) is 24.2 Å². The van der Waals surface area contributed by atoms with Gasteiger partial charge in [0, 0.05) is 12.5 Å². The summed E-state index contributed by atoms with van der Waals surface area (Å²) in [5.41, 5.74) is 2.43. The van der Waals surface area contributed by atoms with E-state index in [1.807, 2.05) is 60.7 Å². The van der Waals surface area contributed by atoms with Crippen LogP contribution in [0.2, 0.25) is 0 Å². The van der Waals surface area contributed by atoms with Gasteiger partial charge in [0.05, 0.1) is 12.2 Å². The topological polar surface area (TPSA) is 61.8 Å². The number of ether oxygens (including phenoxy) is 3. The van der Waals surface area contributed by atoms with Crippen molar-refractivity contribution in [2.75, 3.05) is 6.61 Å². The van der Waals surface area contributed by atoms with Gasteiger partial charge in [0.2, 0.25) is 0 Å². The lowest BCUT2D eigenvalue weighted by molar-refractivity contribution is -0.143. The average Bonchev–Trinajstić information content (AvgIpc) is 2.81. The minimum Gasteiger partial charge on any atom is -0.489 e. The molecule has 0 bridgehead atoms. The van der Waals surface area contributed by atoms with E-state index in [0.29, 0.717) is 36.7 Å². The number of hydrogen-bond donors (Lipinski definition) is 0. The average molecular weight is 433 g/mol. The second-order valence-electron chi connectivity index (χ2n) is 7.35. The van der Waals surface area contributed by atoms with Crippen molar-refractivity contribution < 1.29 is 23.8 Å². The zero-order chi connectivity index (χ0) is 22.8. The molecule has 5 heteroatoms. The lowest BCUT2D eigenvalue weighted by Gasteiger charge is -2.21. The summed E-state index contributed by atoms with van der Waals surface area (Å²) in [5, 5.41) is 0. The second-order valence-corrected chi connectivity index (χ2v) is 7.35. The summed E-state index contributed by atoms with van der Waals surface area (Å²) in [4.78, 5) is 24.2. The van der Waals surface area contributed by atoms with Gasteiger partial charge in [-0.1, -0.05) is 60.7 Å². The van der Waals surface area contributed by atoms with Crippen molar-refractivity contribution in [3.63, 3.8) is 0 Å². The van der Waals surface area contributed by atoms with Crippen LogP contribution >= 0.6 is 0 Å². The van der Waals surface area contributed by atoms with E-state index in [9.17, 15) is 9.59 Å². The van der Waals surface area contributed by atoms with Crippen LogP contribution in [-0.4, -0.2) is 18.4 Å². The molecular weight excluding hydrogens is 404 g/mol. The van der Waals surface area contributed by atoms with E-state index in [1.165, 1.54) is 6.92 Å². The summed E-state index contributed by atoms with van der Waals surface area (Å²) < 4.78 is 17.3. The smallest absolute Gasteiger partial charge is 0.305 e. The van der Waals surface area contributed by atoms with E-state index in [4.69, 9.17) is 14.2 Å². The summed E-state index contributed by atoms with van der Waals surface area (Å²) in [7, 11) is 0. The molecule has 1 unspecified atom stereocenters. The number of Topliss-reactive ketones (excluding diaryl/α,β-unsaturated/α-hetero) is 1. The normalized spacial score (nSPS) is 11.4. The van der Waals surface area contributed by atoms with Gasteiger partial charge in [-0.05, 0) is 43.5 Å². The van der Waals surface area contributed by atoms with Crippen molar-refractivity contribution in [1.82, 2.24) is 0 Å². The minimum absolute atomic E-state index is 0.105. The number of carbonyl (C=O) groups is 2. The maximum Gasteiger partial charge on any atom is 0.305 e. The molecule has 1 atom stereocenters. The standard InChI is InChI=1S/C27H28O5/c1-3-30-27(29)17-16-25(22-12-8-5-9-13-22)32-26-18-23(14-15-24(26)20(2)28)31-19-21-10-6-4-7-11-21/h4-15,18,25H,3,16-17,19H2,1-2H3. The van der Waals surface area contributed by atoms with Crippen molar-refractivity contribution in [1.29, 1.82) is 0 Å². The second kappa shape index (κ2) is 11.7. The van der Waals surface area contributed by atoms with Crippen LogP contribution in [0, 0.1) is 0 Å². The third-order valence-corrected chi connectivity index (χ3v) is 4.94. The van der Waals surface area contributed by atoms with Crippen molar-refractivity contribution in [2.24, 2.45) is 0 Å². The molecule has 0 spiro atoms. The summed E-state index contributed by atoms with van der Waals surface area (Å²) in [5.74, 6) is 0.655. The van der Waals surface area contributed by atoms with Gasteiger partial charge in [-0.25, -0.2) is 0 Å². The molecular formula is C27H28O5. The predicted molar refractivity (Wildman–Crippen MR) is 123 cm³/mol. The van der Waals surface area contributed by atoms with E-state index in [0.717, 1.165) is 11.1 Å². The predicted octanol–water partition coefficient (Wildman–Crippen LogP) is 5.93. The fourth-order valence-corrected chi connectivity index (χ4v) is 3.32. The zero-order valence-corrected chi connectivity index (χ0v) is 18.5. The van der Waals surface area contributed by atoms with Crippen LogP contribution in [0.25, 0.3) is 0 Å². The van der Waals surface area contributed by atoms with Crippen molar-refractivity contribution in [2.45, 2.75) is 39.4 Å². The number of esters is 1. The summed E-state index contributed by atoms with van der Waals surface area (Å²) in [6, 6.07) is 24.7. The molecule has 0 aliphatic heterocycles. The Labute approximate surface area is 188 Å². The summed E-state index contributed by atoms with van der Waals surface area (Å²) >= 11 is 0. The Balaban J connectivity index is 1.82. The van der Waals surface area contributed by atoms with E-state index < -0.39 is 6.10 Å². The highest BCUT2D eigenvalue weighted by molar-refractivity contribution is 5.97. The first-order valence-corrected chi connectivity index (χ1v) is 10.8. The Hall–Kier alpha value is -3.60. The third-order valence-electron chi connectivity index (χ3n) is 4.94. The lowest BCUT2D eigenvalue weighted by atomic mass is 10.0. The molecule has 166 valence electrons. The van der Waals surface area contributed by atoms with Crippen molar-refractivity contribution in [3.05, 3.63) is 95.6 Å². The first-order valence-electron chi connectivity index (χ1n) is 10.8.